The summed E-state index contributed by atoms with van der Waals surface area (Å²) in [5.74, 6) is 0.993. The van der Waals surface area contributed by atoms with Crippen molar-refractivity contribution >= 4 is 15.9 Å². The van der Waals surface area contributed by atoms with E-state index in [9.17, 15) is 0 Å². The molecular weight excluding hydrogens is 294 g/mol. The zero-order valence-corrected chi connectivity index (χ0v) is 12.5. The number of aryl methyl sites for hydroxylation is 2. The van der Waals surface area contributed by atoms with Crippen LogP contribution in [0.5, 0.6) is 0 Å². The molecule has 0 aliphatic heterocycles. The first-order valence-electron chi connectivity index (χ1n) is 6.10. The Morgan fingerprint density at radius 2 is 2.22 bits per heavy atom. The number of aromatic nitrogens is 4. The molecule has 2 aromatic rings. The summed E-state index contributed by atoms with van der Waals surface area (Å²) in [7, 11) is 2.01. The molecule has 0 fully saturated rings. The van der Waals surface area contributed by atoms with E-state index in [0.29, 0.717) is 0 Å². The third-order valence-electron chi connectivity index (χ3n) is 2.93. The van der Waals surface area contributed by atoms with Gasteiger partial charge >= 0.3 is 0 Å². The number of rotatable bonds is 5. The lowest BCUT2D eigenvalue weighted by atomic mass is 10.2. The van der Waals surface area contributed by atoms with Gasteiger partial charge in [0.15, 0.2) is 0 Å². The van der Waals surface area contributed by atoms with Gasteiger partial charge in [0.1, 0.15) is 11.9 Å². The Balaban J connectivity index is 2.47. The first-order chi connectivity index (χ1) is 8.69. The van der Waals surface area contributed by atoms with E-state index in [4.69, 9.17) is 0 Å². The Morgan fingerprint density at radius 3 is 2.78 bits per heavy atom. The highest BCUT2D eigenvalue weighted by molar-refractivity contribution is 9.10. The predicted molar refractivity (Wildman–Crippen MR) is 74.3 cm³/mol. The second-order valence-electron chi connectivity index (χ2n) is 4.08. The fourth-order valence-electron chi connectivity index (χ4n) is 2.08. The normalized spacial score (nSPS) is 12.9. The summed E-state index contributed by atoms with van der Waals surface area (Å²) in [6.45, 7) is 5.90. The number of halogens is 1. The molecule has 98 valence electrons. The van der Waals surface area contributed by atoms with Crippen LogP contribution in [-0.2, 0) is 13.6 Å². The summed E-state index contributed by atoms with van der Waals surface area (Å²) in [5, 5.41) is 7.84. The quantitative estimate of drug-likeness (QED) is 0.920. The van der Waals surface area contributed by atoms with Crippen LogP contribution in [0.3, 0.4) is 0 Å². The average Bonchev–Trinajstić information content (AvgIpc) is 2.93. The average molecular weight is 312 g/mol. The number of imidazole rings is 1. The lowest BCUT2D eigenvalue weighted by Gasteiger charge is -2.19. The molecule has 1 unspecified atom stereocenters. The van der Waals surface area contributed by atoms with Crippen LogP contribution in [0.2, 0.25) is 0 Å². The summed E-state index contributed by atoms with van der Waals surface area (Å²) in [6.07, 6.45) is 5.62. The van der Waals surface area contributed by atoms with Crippen LogP contribution < -0.4 is 5.32 Å². The molecule has 1 N–H and O–H groups in total. The monoisotopic (exact) mass is 311 g/mol. The second kappa shape index (κ2) is 5.67. The molecular formula is C12H18BrN5. The van der Waals surface area contributed by atoms with E-state index in [0.717, 1.165) is 29.1 Å². The zero-order chi connectivity index (χ0) is 13.1. The third-order valence-corrected chi connectivity index (χ3v) is 3.54. The highest BCUT2D eigenvalue weighted by Gasteiger charge is 2.23. The number of nitrogens with zero attached hydrogens (tertiary/aromatic N) is 4. The zero-order valence-electron chi connectivity index (χ0n) is 10.9. The van der Waals surface area contributed by atoms with Crippen molar-refractivity contribution in [2.45, 2.75) is 26.4 Å². The topological polar surface area (TPSA) is 47.7 Å². The summed E-state index contributed by atoms with van der Waals surface area (Å²) in [4.78, 5) is 4.45. The van der Waals surface area contributed by atoms with E-state index in [-0.39, 0.29) is 6.04 Å². The molecule has 0 aromatic carbocycles. The Labute approximate surface area is 115 Å². The second-order valence-corrected chi connectivity index (χ2v) is 4.93. The summed E-state index contributed by atoms with van der Waals surface area (Å²) >= 11 is 3.58. The molecule has 2 heterocycles. The van der Waals surface area contributed by atoms with Gasteiger partial charge in [-0.3, -0.25) is 4.68 Å². The number of hydrogen-bond acceptors (Lipinski definition) is 3. The fraction of sp³-hybridized carbons (Fsp3) is 0.500. The highest BCUT2D eigenvalue weighted by Crippen LogP contribution is 2.27. The van der Waals surface area contributed by atoms with Gasteiger partial charge in [0.25, 0.3) is 0 Å². The molecule has 0 saturated heterocycles. The van der Waals surface area contributed by atoms with E-state index < -0.39 is 0 Å². The van der Waals surface area contributed by atoms with Gasteiger partial charge in [0.05, 0.1) is 16.4 Å². The largest absolute Gasteiger partial charge is 0.336 e. The Bertz CT molecular complexity index is 516. The van der Waals surface area contributed by atoms with Crippen molar-refractivity contribution in [2.75, 3.05) is 6.54 Å². The summed E-state index contributed by atoms with van der Waals surface area (Å²) in [6, 6.07) is 0.0480. The van der Waals surface area contributed by atoms with Crippen LogP contribution in [0, 0.1) is 0 Å². The molecule has 2 rings (SSSR count). The molecule has 18 heavy (non-hydrogen) atoms. The molecule has 0 aliphatic rings. The molecule has 0 saturated carbocycles. The maximum Gasteiger partial charge on any atom is 0.131 e. The molecule has 5 nitrogen and oxygen atoms in total. The highest BCUT2D eigenvalue weighted by atomic mass is 79.9. The third kappa shape index (κ3) is 2.35. The van der Waals surface area contributed by atoms with Gasteiger partial charge in [-0.1, -0.05) is 6.92 Å². The molecule has 0 spiro atoms. The van der Waals surface area contributed by atoms with Gasteiger partial charge in [-0.05, 0) is 29.4 Å². The van der Waals surface area contributed by atoms with E-state index in [2.05, 4.69) is 45.2 Å². The van der Waals surface area contributed by atoms with Crippen molar-refractivity contribution < 1.29 is 0 Å². The van der Waals surface area contributed by atoms with Crippen LogP contribution in [0.1, 0.15) is 31.4 Å². The predicted octanol–water partition coefficient (Wildman–Crippen LogP) is 2.10. The van der Waals surface area contributed by atoms with Crippen molar-refractivity contribution in [1.82, 2.24) is 24.6 Å². The van der Waals surface area contributed by atoms with E-state index in [1.165, 1.54) is 0 Å². The number of nitrogens with one attached hydrogen (secondary N) is 1. The first kappa shape index (κ1) is 13.3. The van der Waals surface area contributed by atoms with Gasteiger partial charge in [-0.2, -0.15) is 5.10 Å². The van der Waals surface area contributed by atoms with Gasteiger partial charge < -0.3 is 9.88 Å². The lowest BCUT2D eigenvalue weighted by molar-refractivity contribution is 0.512. The molecule has 1 atom stereocenters. The SMILES string of the molecule is CCNC(c1nccn1C)c1c(Br)cnn1CC. The summed E-state index contributed by atoms with van der Waals surface area (Å²) < 4.78 is 5.04. The van der Waals surface area contributed by atoms with Gasteiger partial charge in [-0.25, -0.2) is 4.98 Å². The fourth-order valence-corrected chi connectivity index (χ4v) is 2.61. The van der Waals surface area contributed by atoms with E-state index in [1.807, 2.05) is 34.9 Å². The Morgan fingerprint density at radius 1 is 1.44 bits per heavy atom. The van der Waals surface area contributed by atoms with Gasteiger partial charge in [0.2, 0.25) is 0 Å². The molecule has 6 heteroatoms. The minimum atomic E-state index is 0.0480. The van der Waals surface area contributed by atoms with Gasteiger partial charge in [-0.15, -0.1) is 0 Å². The van der Waals surface area contributed by atoms with Crippen molar-refractivity contribution in [3.8, 4) is 0 Å². The van der Waals surface area contributed by atoms with Crippen molar-refractivity contribution in [1.29, 1.82) is 0 Å². The minimum absolute atomic E-state index is 0.0480. The molecule has 0 bridgehead atoms. The van der Waals surface area contributed by atoms with Crippen LogP contribution in [-0.4, -0.2) is 25.9 Å². The van der Waals surface area contributed by atoms with Crippen molar-refractivity contribution in [3.63, 3.8) is 0 Å². The molecule has 0 aliphatic carbocycles. The maximum absolute atomic E-state index is 4.45. The van der Waals surface area contributed by atoms with Crippen LogP contribution in [0.25, 0.3) is 0 Å². The summed E-state index contributed by atoms with van der Waals surface area (Å²) in [5.41, 5.74) is 1.12. The molecule has 2 aromatic heterocycles. The van der Waals surface area contributed by atoms with Gasteiger partial charge in [0, 0.05) is 26.0 Å². The molecule has 0 amide bonds. The maximum atomic E-state index is 4.45. The van der Waals surface area contributed by atoms with Crippen LogP contribution in [0.15, 0.2) is 23.1 Å². The Kier molecular flexibility index (Phi) is 4.19. The minimum Gasteiger partial charge on any atom is -0.336 e. The van der Waals surface area contributed by atoms with Crippen LogP contribution >= 0.6 is 15.9 Å². The lowest BCUT2D eigenvalue weighted by Crippen LogP contribution is -2.27. The first-order valence-corrected chi connectivity index (χ1v) is 6.90. The van der Waals surface area contributed by atoms with E-state index >= 15 is 0 Å². The standard InChI is InChI=1S/C12H18BrN5/c1-4-14-10(12-15-6-7-17(12)3)11-9(13)8-16-18(11)5-2/h6-8,10,14H,4-5H2,1-3H3. The molecule has 0 radical (unpaired) electrons. The Hall–Kier alpha value is -1.14. The number of hydrogen-bond donors (Lipinski definition) is 1. The van der Waals surface area contributed by atoms with Crippen molar-refractivity contribution in [3.05, 3.63) is 34.6 Å². The van der Waals surface area contributed by atoms with Crippen LogP contribution in [0.4, 0.5) is 0 Å². The smallest absolute Gasteiger partial charge is 0.131 e. The van der Waals surface area contributed by atoms with Crippen molar-refractivity contribution in [2.24, 2.45) is 7.05 Å². The van der Waals surface area contributed by atoms with E-state index in [1.54, 1.807) is 0 Å².